The van der Waals surface area contributed by atoms with Crippen LogP contribution in [0.4, 0.5) is 5.69 Å². The van der Waals surface area contributed by atoms with E-state index in [9.17, 15) is 0 Å². The molecule has 0 fully saturated rings. The van der Waals surface area contributed by atoms with Gasteiger partial charge in [-0.25, -0.2) is 0 Å². The molecule has 0 aliphatic rings. The van der Waals surface area contributed by atoms with Crippen LogP contribution in [0.1, 0.15) is 26.2 Å². The third-order valence-electron chi connectivity index (χ3n) is 2.36. The third kappa shape index (κ3) is 5.06. The zero-order valence-corrected chi connectivity index (χ0v) is 11.0. The molecule has 0 bridgehead atoms. The summed E-state index contributed by atoms with van der Waals surface area (Å²) in [5.41, 5.74) is 6.88. The molecule has 16 heavy (non-hydrogen) atoms. The number of nitrogens with one attached hydrogen (secondary N) is 1. The molecule has 1 atom stereocenters. The van der Waals surface area contributed by atoms with Gasteiger partial charge in [0, 0.05) is 28.3 Å². The van der Waals surface area contributed by atoms with E-state index in [4.69, 9.17) is 28.9 Å². The normalized spacial score (nSPS) is 12.5. The van der Waals surface area contributed by atoms with Crippen molar-refractivity contribution in [1.82, 2.24) is 0 Å². The van der Waals surface area contributed by atoms with Crippen LogP contribution in [0, 0.1) is 0 Å². The first kappa shape index (κ1) is 13.6. The highest BCUT2D eigenvalue weighted by Gasteiger charge is 2.02. The minimum Gasteiger partial charge on any atom is -0.383 e. The summed E-state index contributed by atoms with van der Waals surface area (Å²) in [5, 5.41) is 4.51. The Morgan fingerprint density at radius 1 is 1.25 bits per heavy atom. The molecule has 0 spiro atoms. The molecule has 0 amide bonds. The maximum absolute atomic E-state index is 5.96. The standard InChI is InChI=1S/C12H18Cl2N2/c1-2-3-4-11(15)8-16-12-6-9(13)5-10(14)7-12/h5-7,11,16H,2-4,8,15H2,1H3. The molecule has 1 unspecified atom stereocenters. The van der Waals surface area contributed by atoms with E-state index in [2.05, 4.69) is 12.2 Å². The average molecular weight is 261 g/mol. The van der Waals surface area contributed by atoms with Crippen LogP contribution >= 0.6 is 23.2 Å². The monoisotopic (exact) mass is 260 g/mol. The molecule has 4 heteroatoms. The van der Waals surface area contributed by atoms with Gasteiger partial charge in [-0.1, -0.05) is 43.0 Å². The Kier molecular flexibility index (Phi) is 5.96. The predicted molar refractivity (Wildman–Crippen MR) is 72.5 cm³/mol. The topological polar surface area (TPSA) is 38.0 Å². The molecule has 0 saturated carbocycles. The van der Waals surface area contributed by atoms with Gasteiger partial charge in [0.25, 0.3) is 0 Å². The molecular weight excluding hydrogens is 243 g/mol. The number of unbranched alkanes of at least 4 members (excludes halogenated alkanes) is 1. The Morgan fingerprint density at radius 2 is 1.88 bits per heavy atom. The summed E-state index contributed by atoms with van der Waals surface area (Å²) < 4.78 is 0. The molecule has 0 aliphatic carbocycles. The maximum Gasteiger partial charge on any atom is 0.0441 e. The SMILES string of the molecule is CCCCC(N)CNc1cc(Cl)cc(Cl)c1. The molecule has 90 valence electrons. The van der Waals surface area contributed by atoms with Gasteiger partial charge >= 0.3 is 0 Å². The maximum atomic E-state index is 5.96. The van der Waals surface area contributed by atoms with Gasteiger partial charge in [-0.05, 0) is 24.6 Å². The lowest BCUT2D eigenvalue weighted by atomic mass is 10.1. The molecule has 0 aliphatic heterocycles. The van der Waals surface area contributed by atoms with E-state index in [-0.39, 0.29) is 6.04 Å². The van der Waals surface area contributed by atoms with Crippen molar-refractivity contribution < 1.29 is 0 Å². The summed E-state index contributed by atoms with van der Waals surface area (Å²) in [7, 11) is 0. The van der Waals surface area contributed by atoms with Gasteiger partial charge in [0.05, 0.1) is 0 Å². The first-order chi connectivity index (χ1) is 7.61. The van der Waals surface area contributed by atoms with Crippen molar-refractivity contribution in [3.05, 3.63) is 28.2 Å². The Labute approximate surface area is 107 Å². The number of nitrogens with two attached hydrogens (primary N) is 1. The summed E-state index contributed by atoms with van der Waals surface area (Å²) in [6.07, 6.45) is 3.38. The molecule has 0 heterocycles. The lowest BCUT2D eigenvalue weighted by Gasteiger charge is -2.13. The van der Waals surface area contributed by atoms with E-state index < -0.39 is 0 Å². The summed E-state index contributed by atoms with van der Waals surface area (Å²) in [5.74, 6) is 0. The molecule has 3 N–H and O–H groups in total. The lowest BCUT2D eigenvalue weighted by Crippen LogP contribution is -2.28. The largest absolute Gasteiger partial charge is 0.383 e. The number of hydrogen-bond donors (Lipinski definition) is 2. The summed E-state index contributed by atoms with van der Waals surface area (Å²) in [4.78, 5) is 0. The molecule has 1 aromatic rings. The second-order valence-electron chi connectivity index (χ2n) is 3.94. The van der Waals surface area contributed by atoms with E-state index in [1.54, 1.807) is 6.07 Å². The smallest absolute Gasteiger partial charge is 0.0441 e. The Bertz CT molecular complexity index is 309. The van der Waals surface area contributed by atoms with E-state index in [1.165, 1.54) is 12.8 Å². The van der Waals surface area contributed by atoms with Crippen molar-refractivity contribution in [1.29, 1.82) is 0 Å². The van der Waals surface area contributed by atoms with Gasteiger partial charge in [-0.3, -0.25) is 0 Å². The molecule has 1 rings (SSSR count). The highest BCUT2D eigenvalue weighted by Crippen LogP contribution is 2.22. The zero-order valence-electron chi connectivity index (χ0n) is 9.47. The molecule has 1 aromatic carbocycles. The van der Waals surface area contributed by atoms with Crippen LogP contribution in [-0.2, 0) is 0 Å². The number of benzene rings is 1. The Balaban J connectivity index is 2.41. The van der Waals surface area contributed by atoms with Gasteiger partial charge in [0.15, 0.2) is 0 Å². The van der Waals surface area contributed by atoms with E-state index in [0.717, 1.165) is 18.7 Å². The quantitative estimate of drug-likeness (QED) is 0.814. The number of rotatable bonds is 6. The number of anilines is 1. The van der Waals surface area contributed by atoms with Crippen molar-refractivity contribution in [2.24, 2.45) is 5.73 Å². The highest BCUT2D eigenvalue weighted by molar-refractivity contribution is 6.35. The van der Waals surface area contributed by atoms with Crippen LogP contribution in [0.25, 0.3) is 0 Å². The van der Waals surface area contributed by atoms with Crippen LogP contribution < -0.4 is 11.1 Å². The fourth-order valence-electron chi connectivity index (χ4n) is 1.47. The Morgan fingerprint density at radius 3 is 2.44 bits per heavy atom. The molecule has 0 aromatic heterocycles. The van der Waals surface area contributed by atoms with Gasteiger partial charge in [0.1, 0.15) is 0 Å². The Hall–Kier alpha value is -0.440. The second kappa shape index (κ2) is 7.00. The van der Waals surface area contributed by atoms with Gasteiger partial charge < -0.3 is 11.1 Å². The lowest BCUT2D eigenvalue weighted by molar-refractivity contribution is 0.596. The average Bonchev–Trinajstić information content (AvgIpc) is 2.22. The van der Waals surface area contributed by atoms with Gasteiger partial charge in [0.2, 0.25) is 0 Å². The van der Waals surface area contributed by atoms with Crippen molar-refractivity contribution in [3.8, 4) is 0 Å². The molecule has 0 saturated heterocycles. The van der Waals surface area contributed by atoms with Crippen molar-refractivity contribution in [3.63, 3.8) is 0 Å². The first-order valence-electron chi connectivity index (χ1n) is 5.57. The number of halogens is 2. The van der Waals surface area contributed by atoms with Crippen molar-refractivity contribution in [2.75, 3.05) is 11.9 Å². The van der Waals surface area contributed by atoms with Crippen LogP contribution in [0.3, 0.4) is 0 Å². The first-order valence-corrected chi connectivity index (χ1v) is 6.33. The summed E-state index contributed by atoms with van der Waals surface area (Å²) in [6, 6.07) is 5.59. The van der Waals surface area contributed by atoms with Gasteiger partial charge in [-0.15, -0.1) is 0 Å². The minimum atomic E-state index is 0.178. The predicted octanol–water partition coefficient (Wildman–Crippen LogP) is 3.92. The van der Waals surface area contributed by atoms with Crippen LogP contribution in [0.5, 0.6) is 0 Å². The van der Waals surface area contributed by atoms with Crippen molar-refractivity contribution in [2.45, 2.75) is 32.2 Å². The summed E-state index contributed by atoms with van der Waals surface area (Å²) in [6.45, 7) is 2.91. The highest BCUT2D eigenvalue weighted by atomic mass is 35.5. The second-order valence-corrected chi connectivity index (χ2v) is 4.81. The van der Waals surface area contributed by atoms with Crippen LogP contribution in [0.15, 0.2) is 18.2 Å². The molecule has 0 radical (unpaired) electrons. The van der Waals surface area contributed by atoms with Crippen LogP contribution in [0.2, 0.25) is 10.0 Å². The van der Waals surface area contributed by atoms with Gasteiger partial charge in [-0.2, -0.15) is 0 Å². The van der Waals surface area contributed by atoms with E-state index >= 15 is 0 Å². The zero-order chi connectivity index (χ0) is 12.0. The number of hydrogen-bond acceptors (Lipinski definition) is 2. The minimum absolute atomic E-state index is 0.178. The molecular formula is C12H18Cl2N2. The van der Waals surface area contributed by atoms with Crippen molar-refractivity contribution >= 4 is 28.9 Å². The van der Waals surface area contributed by atoms with E-state index in [1.807, 2.05) is 12.1 Å². The fourth-order valence-corrected chi connectivity index (χ4v) is 2.00. The fraction of sp³-hybridized carbons (Fsp3) is 0.500. The molecule has 2 nitrogen and oxygen atoms in total. The summed E-state index contributed by atoms with van der Waals surface area (Å²) >= 11 is 11.8. The third-order valence-corrected chi connectivity index (χ3v) is 2.80. The van der Waals surface area contributed by atoms with E-state index in [0.29, 0.717) is 10.0 Å². The van der Waals surface area contributed by atoms with Crippen LogP contribution in [-0.4, -0.2) is 12.6 Å².